The van der Waals surface area contributed by atoms with Crippen molar-refractivity contribution >= 4 is 28.4 Å². The first-order chi connectivity index (χ1) is 12.6. The summed E-state index contributed by atoms with van der Waals surface area (Å²) in [5.74, 6) is 0.421. The van der Waals surface area contributed by atoms with Crippen LogP contribution in [0.1, 0.15) is 59.3 Å². The van der Waals surface area contributed by atoms with Gasteiger partial charge in [0.2, 0.25) is 0 Å². The number of rotatable bonds is 1. The zero-order chi connectivity index (χ0) is 19.7. The van der Waals surface area contributed by atoms with E-state index < -0.39 is 11.6 Å². The van der Waals surface area contributed by atoms with Crippen molar-refractivity contribution in [1.82, 2.24) is 0 Å². The number of carbonyl (C=O) groups is 3. The largest absolute Gasteiger partial charge is 0.296 e. The summed E-state index contributed by atoms with van der Waals surface area (Å²) in [5, 5.41) is -0.0806. The SMILES string of the molecule is C=C1C[C@@H]2[C@@H](CC[C@]3(C)C(=O)C(F)C[C@@H]23)[C@@]2(C)CCC(=O)C(SC(C)=O)=C12. The van der Waals surface area contributed by atoms with Crippen LogP contribution in [0.2, 0.25) is 0 Å². The minimum absolute atomic E-state index is 0.0442. The smallest absolute Gasteiger partial charge is 0.190 e. The number of fused-ring (bicyclic) bond motifs is 5. The highest BCUT2D eigenvalue weighted by atomic mass is 32.2. The number of thioether (sulfide) groups is 1. The Kier molecular flexibility index (Phi) is 4.34. The second kappa shape index (κ2) is 6.13. The molecule has 0 radical (unpaired) electrons. The van der Waals surface area contributed by atoms with E-state index >= 15 is 0 Å². The fourth-order valence-corrected chi connectivity index (χ4v) is 7.68. The van der Waals surface area contributed by atoms with E-state index in [-0.39, 0.29) is 33.9 Å². The molecule has 0 heterocycles. The topological polar surface area (TPSA) is 51.2 Å². The van der Waals surface area contributed by atoms with Crippen molar-refractivity contribution in [2.45, 2.75) is 65.5 Å². The Hall–Kier alpha value is -1.23. The molecule has 146 valence electrons. The van der Waals surface area contributed by atoms with Gasteiger partial charge < -0.3 is 0 Å². The number of Topliss-reactive ketones (excluding diaryl/α,β-unsaturated/α-hetero) is 2. The van der Waals surface area contributed by atoms with E-state index in [4.69, 9.17) is 0 Å². The Balaban J connectivity index is 1.79. The fraction of sp³-hybridized carbons (Fsp3) is 0.682. The molecule has 3 saturated carbocycles. The highest BCUT2D eigenvalue weighted by Crippen LogP contribution is 2.66. The van der Waals surface area contributed by atoms with Crippen LogP contribution in [-0.4, -0.2) is 22.9 Å². The molecule has 4 aliphatic carbocycles. The van der Waals surface area contributed by atoms with Crippen LogP contribution < -0.4 is 0 Å². The normalized spacial score (nSPS) is 44.1. The molecule has 0 spiro atoms. The maximum Gasteiger partial charge on any atom is 0.190 e. The van der Waals surface area contributed by atoms with Crippen LogP contribution in [0.3, 0.4) is 0 Å². The third kappa shape index (κ3) is 2.56. The average molecular weight is 391 g/mol. The van der Waals surface area contributed by atoms with Crippen LogP contribution in [0.5, 0.6) is 0 Å². The van der Waals surface area contributed by atoms with E-state index in [2.05, 4.69) is 13.5 Å². The molecular formula is C22H27FO3S. The van der Waals surface area contributed by atoms with Crippen molar-refractivity contribution in [3.63, 3.8) is 0 Å². The van der Waals surface area contributed by atoms with E-state index in [1.165, 1.54) is 6.92 Å². The highest BCUT2D eigenvalue weighted by Gasteiger charge is 2.62. The zero-order valence-electron chi connectivity index (χ0n) is 16.3. The Morgan fingerprint density at radius 3 is 2.56 bits per heavy atom. The number of hydrogen-bond acceptors (Lipinski definition) is 4. The van der Waals surface area contributed by atoms with Gasteiger partial charge in [-0.1, -0.05) is 20.4 Å². The molecule has 0 aromatic rings. The molecular weight excluding hydrogens is 363 g/mol. The minimum Gasteiger partial charge on any atom is -0.296 e. The van der Waals surface area contributed by atoms with Crippen molar-refractivity contribution in [2.75, 3.05) is 0 Å². The van der Waals surface area contributed by atoms with E-state index in [1.54, 1.807) is 0 Å². The molecule has 4 aliphatic rings. The molecule has 1 unspecified atom stereocenters. The Morgan fingerprint density at radius 1 is 1.19 bits per heavy atom. The highest BCUT2D eigenvalue weighted by molar-refractivity contribution is 8.17. The average Bonchev–Trinajstić information content (AvgIpc) is 2.82. The molecule has 0 amide bonds. The van der Waals surface area contributed by atoms with Gasteiger partial charge in [-0.3, -0.25) is 14.4 Å². The Bertz CT molecular complexity index is 799. The number of halogens is 1. The molecule has 5 heteroatoms. The lowest BCUT2D eigenvalue weighted by molar-refractivity contribution is -0.134. The predicted molar refractivity (Wildman–Crippen MR) is 104 cm³/mol. The van der Waals surface area contributed by atoms with Gasteiger partial charge in [-0.25, -0.2) is 4.39 Å². The monoisotopic (exact) mass is 390 g/mol. The van der Waals surface area contributed by atoms with Crippen LogP contribution in [0, 0.1) is 28.6 Å². The van der Waals surface area contributed by atoms with Gasteiger partial charge >= 0.3 is 0 Å². The maximum atomic E-state index is 14.3. The third-order valence-electron chi connectivity index (χ3n) is 7.96. The standard InChI is InChI=1S/C22H27FO3S/c1-11-9-13-14(5-7-22(4)15(13)10-16(23)20(22)26)21(3)8-6-17(25)19(18(11)21)27-12(2)24/h13-16H,1,5-10H2,2-4H3/t13-,14-,15+,16?,21-,22+/m1/s1. The van der Waals surface area contributed by atoms with E-state index in [1.807, 2.05) is 6.92 Å². The molecule has 3 nitrogen and oxygen atoms in total. The summed E-state index contributed by atoms with van der Waals surface area (Å²) in [5.41, 5.74) is 1.11. The maximum absolute atomic E-state index is 14.3. The van der Waals surface area contributed by atoms with E-state index in [0.717, 1.165) is 42.2 Å². The summed E-state index contributed by atoms with van der Waals surface area (Å²) < 4.78 is 14.3. The first kappa shape index (κ1) is 19.1. The molecule has 27 heavy (non-hydrogen) atoms. The molecule has 3 fully saturated rings. The van der Waals surface area contributed by atoms with Crippen molar-refractivity contribution in [2.24, 2.45) is 28.6 Å². The van der Waals surface area contributed by atoms with Crippen LogP contribution >= 0.6 is 11.8 Å². The minimum atomic E-state index is -1.34. The summed E-state index contributed by atoms with van der Waals surface area (Å²) in [6.07, 6.45) is 2.47. The Morgan fingerprint density at radius 2 is 1.89 bits per heavy atom. The van der Waals surface area contributed by atoms with Crippen LogP contribution in [0.4, 0.5) is 4.39 Å². The third-order valence-corrected chi connectivity index (χ3v) is 8.88. The van der Waals surface area contributed by atoms with Gasteiger partial charge in [0.1, 0.15) is 0 Å². The second-order valence-corrected chi connectivity index (χ2v) is 10.5. The zero-order valence-corrected chi connectivity index (χ0v) is 17.1. The quantitative estimate of drug-likeness (QED) is 0.645. The number of hydrogen-bond donors (Lipinski definition) is 0. The molecule has 0 aromatic heterocycles. The first-order valence-corrected chi connectivity index (χ1v) is 10.7. The molecule has 0 aromatic carbocycles. The van der Waals surface area contributed by atoms with Gasteiger partial charge in [-0.2, -0.15) is 0 Å². The van der Waals surface area contributed by atoms with Gasteiger partial charge in [0.05, 0.1) is 4.91 Å². The fourth-order valence-electron chi connectivity index (χ4n) is 6.70. The van der Waals surface area contributed by atoms with Crippen molar-refractivity contribution in [3.05, 3.63) is 22.6 Å². The summed E-state index contributed by atoms with van der Waals surface area (Å²) in [7, 11) is 0. The van der Waals surface area contributed by atoms with Crippen LogP contribution in [0.25, 0.3) is 0 Å². The van der Waals surface area contributed by atoms with E-state index in [0.29, 0.717) is 30.1 Å². The van der Waals surface area contributed by atoms with Gasteiger partial charge in [0.25, 0.3) is 0 Å². The van der Waals surface area contributed by atoms with Crippen molar-refractivity contribution in [3.8, 4) is 0 Å². The Labute approximate surface area is 164 Å². The molecule has 6 atom stereocenters. The lowest BCUT2D eigenvalue weighted by Crippen LogP contribution is -2.51. The number of carbonyl (C=O) groups excluding carboxylic acids is 3. The summed E-state index contributed by atoms with van der Waals surface area (Å²) in [6, 6.07) is 0. The second-order valence-electron chi connectivity index (χ2n) is 9.35. The van der Waals surface area contributed by atoms with Gasteiger partial charge in [-0.05, 0) is 78.2 Å². The van der Waals surface area contributed by atoms with E-state index in [9.17, 15) is 18.8 Å². The van der Waals surface area contributed by atoms with Gasteiger partial charge in [0.15, 0.2) is 22.9 Å². The molecule has 0 saturated heterocycles. The molecule has 0 aliphatic heterocycles. The summed E-state index contributed by atoms with van der Waals surface area (Å²) in [6.45, 7) is 9.93. The first-order valence-electron chi connectivity index (χ1n) is 9.92. The lowest BCUT2D eigenvalue weighted by Gasteiger charge is -2.57. The summed E-state index contributed by atoms with van der Waals surface area (Å²) in [4.78, 5) is 37.4. The number of alkyl halides is 1. The molecule has 0 N–H and O–H groups in total. The number of allylic oxidation sites excluding steroid dienone is 2. The van der Waals surface area contributed by atoms with Crippen molar-refractivity contribution in [1.29, 1.82) is 0 Å². The van der Waals surface area contributed by atoms with Crippen molar-refractivity contribution < 1.29 is 18.8 Å². The predicted octanol–water partition coefficient (Wildman–Crippen LogP) is 4.81. The summed E-state index contributed by atoms with van der Waals surface area (Å²) >= 11 is 1.05. The van der Waals surface area contributed by atoms with Crippen LogP contribution in [0.15, 0.2) is 22.6 Å². The van der Waals surface area contributed by atoms with Crippen LogP contribution in [-0.2, 0) is 14.4 Å². The van der Waals surface area contributed by atoms with Gasteiger partial charge in [0, 0.05) is 18.8 Å². The number of ketones is 2. The molecule has 0 bridgehead atoms. The lowest BCUT2D eigenvalue weighted by atomic mass is 9.46. The van der Waals surface area contributed by atoms with Gasteiger partial charge in [-0.15, -0.1) is 0 Å². The molecule has 4 rings (SSSR count).